The van der Waals surface area contributed by atoms with Crippen molar-refractivity contribution in [3.05, 3.63) is 79.4 Å². The highest BCUT2D eigenvalue weighted by molar-refractivity contribution is 5.99. The molecule has 0 aliphatic heterocycles. The second-order valence-electron chi connectivity index (χ2n) is 6.60. The van der Waals surface area contributed by atoms with Crippen molar-refractivity contribution in [3.8, 4) is 28.3 Å². The molecule has 0 saturated carbocycles. The van der Waals surface area contributed by atoms with Crippen molar-refractivity contribution in [3.63, 3.8) is 0 Å². The zero-order chi connectivity index (χ0) is 20.4. The molecule has 140 valence electrons. The summed E-state index contributed by atoms with van der Waals surface area (Å²) in [4.78, 5) is 20.4. The molecule has 0 bridgehead atoms. The molecule has 3 heterocycles. The number of carbonyl (C=O) groups is 1. The van der Waals surface area contributed by atoms with E-state index < -0.39 is 0 Å². The van der Waals surface area contributed by atoms with Gasteiger partial charge in [0.25, 0.3) is 0 Å². The van der Waals surface area contributed by atoms with Gasteiger partial charge in [-0.3, -0.25) is 9.78 Å². The van der Waals surface area contributed by atoms with Crippen LogP contribution in [-0.4, -0.2) is 20.4 Å². The number of nitriles is 1. The maximum Gasteiger partial charge on any atom is 0.247 e. The summed E-state index contributed by atoms with van der Waals surface area (Å²) < 4.78 is 1.96. The van der Waals surface area contributed by atoms with Gasteiger partial charge in [0, 0.05) is 47.7 Å². The number of hydrogen-bond acceptors (Lipinski definition) is 4. The first kappa shape index (κ1) is 18.1. The number of nitrogens with zero attached hydrogens (tertiary/aromatic N) is 4. The maximum absolute atomic E-state index is 11.6. The minimum Gasteiger partial charge on any atom is -0.335 e. The summed E-state index contributed by atoms with van der Waals surface area (Å²) in [5, 5.41) is 12.9. The van der Waals surface area contributed by atoms with Gasteiger partial charge in [0.1, 0.15) is 5.65 Å². The number of benzene rings is 1. The number of aryl methyl sites for hydroxylation is 1. The largest absolute Gasteiger partial charge is 0.335 e. The molecule has 0 radical (unpaired) electrons. The lowest BCUT2D eigenvalue weighted by molar-refractivity contribution is -0.111. The van der Waals surface area contributed by atoms with Crippen LogP contribution in [-0.2, 0) is 11.8 Å². The van der Waals surface area contributed by atoms with Crippen molar-refractivity contribution in [1.82, 2.24) is 14.5 Å². The number of rotatable bonds is 4. The molecule has 0 atom stereocenters. The van der Waals surface area contributed by atoms with Crippen molar-refractivity contribution in [2.45, 2.75) is 0 Å². The van der Waals surface area contributed by atoms with E-state index in [9.17, 15) is 10.1 Å². The molecule has 0 aliphatic rings. The minimum absolute atomic E-state index is 0.291. The normalized spacial score (nSPS) is 10.5. The zero-order valence-corrected chi connectivity index (χ0v) is 15.8. The minimum atomic E-state index is -0.291. The average molecular weight is 379 g/mol. The summed E-state index contributed by atoms with van der Waals surface area (Å²) >= 11 is 0. The second kappa shape index (κ2) is 7.41. The van der Waals surface area contributed by atoms with Crippen LogP contribution >= 0.6 is 0 Å². The summed E-state index contributed by atoms with van der Waals surface area (Å²) in [7, 11) is 1.94. The lowest BCUT2D eigenvalue weighted by Crippen LogP contribution is -2.07. The number of hydrogen-bond donors (Lipinski definition) is 1. The second-order valence-corrected chi connectivity index (χ2v) is 6.60. The third-order valence-electron chi connectivity index (χ3n) is 4.64. The number of aromatic nitrogens is 3. The van der Waals surface area contributed by atoms with Gasteiger partial charge in [-0.15, -0.1) is 0 Å². The van der Waals surface area contributed by atoms with E-state index in [0.717, 1.165) is 33.3 Å². The fourth-order valence-corrected chi connectivity index (χ4v) is 3.26. The molecular formula is C23H17N5O. The van der Waals surface area contributed by atoms with Crippen LogP contribution in [0.1, 0.15) is 5.56 Å². The number of anilines is 1. The molecule has 1 amide bonds. The summed E-state index contributed by atoms with van der Waals surface area (Å²) in [6.07, 6.45) is 8.32. The zero-order valence-electron chi connectivity index (χ0n) is 15.8. The number of pyridine rings is 2. The molecule has 0 spiro atoms. The van der Waals surface area contributed by atoms with Crippen LogP contribution in [0.25, 0.3) is 33.3 Å². The molecule has 29 heavy (non-hydrogen) atoms. The average Bonchev–Trinajstić information content (AvgIpc) is 3.10. The molecular weight excluding hydrogens is 362 g/mol. The van der Waals surface area contributed by atoms with Crippen LogP contribution in [0, 0.1) is 11.3 Å². The van der Waals surface area contributed by atoms with Gasteiger partial charge in [0.2, 0.25) is 5.91 Å². The van der Waals surface area contributed by atoms with Gasteiger partial charge in [-0.1, -0.05) is 18.7 Å². The first-order valence-electron chi connectivity index (χ1n) is 8.93. The van der Waals surface area contributed by atoms with Crippen LogP contribution in [0.3, 0.4) is 0 Å². The molecule has 1 aromatic carbocycles. The Bertz CT molecular complexity index is 1300. The van der Waals surface area contributed by atoms with E-state index in [4.69, 9.17) is 0 Å². The Hall–Kier alpha value is -4.24. The summed E-state index contributed by atoms with van der Waals surface area (Å²) in [5.41, 5.74) is 5.71. The van der Waals surface area contributed by atoms with Gasteiger partial charge in [-0.25, -0.2) is 4.98 Å². The predicted octanol–water partition coefficient (Wildman–Crippen LogP) is 4.30. The van der Waals surface area contributed by atoms with E-state index in [2.05, 4.69) is 27.9 Å². The smallest absolute Gasteiger partial charge is 0.247 e. The maximum atomic E-state index is 11.6. The first-order chi connectivity index (χ1) is 14.1. The highest BCUT2D eigenvalue weighted by Crippen LogP contribution is 2.33. The van der Waals surface area contributed by atoms with Crippen molar-refractivity contribution in [2.75, 3.05) is 5.32 Å². The van der Waals surface area contributed by atoms with E-state index in [1.54, 1.807) is 24.7 Å². The van der Waals surface area contributed by atoms with E-state index >= 15 is 0 Å². The van der Waals surface area contributed by atoms with E-state index in [0.29, 0.717) is 11.3 Å². The number of fused-ring (bicyclic) bond motifs is 1. The van der Waals surface area contributed by atoms with E-state index in [-0.39, 0.29) is 5.91 Å². The van der Waals surface area contributed by atoms with Crippen LogP contribution in [0.15, 0.2) is 73.8 Å². The van der Waals surface area contributed by atoms with E-state index in [1.807, 2.05) is 48.1 Å². The van der Waals surface area contributed by atoms with Gasteiger partial charge >= 0.3 is 0 Å². The standard InChI is InChI=1S/C23H17N5O/c1-3-22(29)27-19-8-17(11-25-13-19)18-9-20-21(14-28(2)23(20)26-12-18)16-6-4-5-15(7-16)10-24/h3-9,11-14H,1H2,2H3,(H,27,29). The molecule has 4 rings (SSSR count). The first-order valence-corrected chi connectivity index (χ1v) is 8.93. The Labute approximate surface area is 167 Å². The highest BCUT2D eigenvalue weighted by atomic mass is 16.1. The molecule has 6 nitrogen and oxygen atoms in total. The quantitative estimate of drug-likeness (QED) is 0.536. The Morgan fingerprint density at radius 1 is 1.17 bits per heavy atom. The fraction of sp³-hybridized carbons (Fsp3) is 0.0435. The van der Waals surface area contributed by atoms with Crippen molar-refractivity contribution in [2.24, 2.45) is 7.05 Å². The van der Waals surface area contributed by atoms with Crippen LogP contribution in [0.4, 0.5) is 5.69 Å². The Morgan fingerprint density at radius 3 is 2.79 bits per heavy atom. The topological polar surface area (TPSA) is 83.6 Å². The lowest BCUT2D eigenvalue weighted by atomic mass is 10.0. The van der Waals surface area contributed by atoms with Crippen LogP contribution in [0.5, 0.6) is 0 Å². The van der Waals surface area contributed by atoms with Crippen molar-refractivity contribution in [1.29, 1.82) is 5.26 Å². The summed E-state index contributed by atoms with van der Waals surface area (Å²) in [5.74, 6) is -0.291. The lowest BCUT2D eigenvalue weighted by Gasteiger charge is -2.06. The molecule has 4 aromatic rings. The molecule has 0 unspecified atom stereocenters. The fourth-order valence-electron chi connectivity index (χ4n) is 3.26. The Morgan fingerprint density at radius 2 is 2.00 bits per heavy atom. The third-order valence-corrected chi connectivity index (χ3v) is 4.64. The summed E-state index contributed by atoms with van der Waals surface area (Å²) in [6.45, 7) is 3.46. The molecule has 0 fully saturated rings. The Balaban J connectivity index is 1.82. The number of amides is 1. The highest BCUT2D eigenvalue weighted by Gasteiger charge is 2.12. The predicted molar refractivity (Wildman–Crippen MR) is 113 cm³/mol. The molecule has 6 heteroatoms. The monoisotopic (exact) mass is 379 g/mol. The van der Waals surface area contributed by atoms with Gasteiger partial charge < -0.3 is 9.88 Å². The SMILES string of the molecule is C=CC(=O)Nc1cncc(-c2cnc3c(c2)c(-c2cccc(C#N)c2)cn3C)c1. The third kappa shape index (κ3) is 3.49. The molecule has 0 saturated heterocycles. The molecule has 1 N–H and O–H groups in total. The van der Waals surface area contributed by atoms with E-state index in [1.165, 1.54) is 6.08 Å². The van der Waals surface area contributed by atoms with Crippen molar-refractivity contribution >= 4 is 22.6 Å². The Kier molecular flexibility index (Phi) is 4.63. The van der Waals surface area contributed by atoms with Crippen molar-refractivity contribution < 1.29 is 4.79 Å². The van der Waals surface area contributed by atoms with Crippen LogP contribution < -0.4 is 5.32 Å². The number of nitrogens with one attached hydrogen (secondary N) is 1. The summed E-state index contributed by atoms with van der Waals surface area (Å²) in [6, 6.07) is 13.6. The van der Waals surface area contributed by atoms with Crippen LogP contribution in [0.2, 0.25) is 0 Å². The molecule has 3 aromatic heterocycles. The van der Waals surface area contributed by atoms with Gasteiger partial charge in [0.05, 0.1) is 23.5 Å². The van der Waals surface area contributed by atoms with Gasteiger partial charge in [-0.05, 0) is 35.9 Å². The number of carbonyl (C=O) groups excluding carboxylic acids is 1. The molecule has 0 aliphatic carbocycles. The van der Waals surface area contributed by atoms with Gasteiger partial charge in [-0.2, -0.15) is 5.26 Å². The van der Waals surface area contributed by atoms with Gasteiger partial charge in [0.15, 0.2) is 0 Å².